The maximum Gasteiger partial charge on any atom is 0.418 e. The number of thioether (sulfide) groups is 1. The average Bonchev–Trinajstić information content (AvgIpc) is 3.38. The van der Waals surface area contributed by atoms with Crippen molar-refractivity contribution >= 4 is 29.3 Å². The van der Waals surface area contributed by atoms with E-state index in [0.29, 0.717) is 24.9 Å². The zero-order valence-corrected chi connectivity index (χ0v) is 18.0. The number of benzene rings is 1. The molecule has 3 aromatic rings. The molecule has 2 aromatic heterocycles. The molecule has 0 spiro atoms. The lowest BCUT2D eigenvalue weighted by molar-refractivity contribution is -0.137. The molecular weight excluding hydrogens is 457 g/mol. The van der Waals surface area contributed by atoms with E-state index in [1.54, 1.807) is 0 Å². The highest BCUT2D eigenvalue weighted by atomic mass is 35.5. The molecule has 1 aliphatic heterocycles. The number of anilines is 1. The zero-order chi connectivity index (χ0) is 22.0. The molecule has 0 unspecified atom stereocenters. The minimum Gasteiger partial charge on any atom is -0.378 e. The normalized spacial score (nSPS) is 14.9. The third kappa shape index (κ3) is 4.62. The Bertz CT molecular complexity index is 1050. The molecule has 1 fully saturated rings. The van der Waals surface area contributed by atoms with Crippen LogP contribution in [0.2, 0.25) is 5.02 Å². The first-order valence-electron chi connectivity index (χ1n) is 9.41. The van der Waals surface area contributed by atoms with Crippen molar-refractivity contribution in [2.75, 3.05) is 31.2 Å². The molecule has 0 atom stereocenters. The summed E-state index contributed by atoms with van der Waals surface area (Å²) in [5.41, 5.74) is -1.10. The largest absolute Gasteiger partial charge is 0.418 e. The lowest BCUT2D eigenvalue weighted by Gasteiger charge is -2.27. The lowest BCUT2D eigenvalue weighted by Crippen LogP contribution is -2.38. The topological polar surface area (TPSA) is 86.8 Å². The molecule has 1 aliphatic rings. The number of aromatic nitrogens is 7. The van der Waals surface area contributed by atoms with Crippen LogP contribution in [-0.2, 0) is 23.2 Å². The van der Waals surface area contributed by atoms with Gasteiger partial charge >= 0.3 is 6.18 Å². The third-order valence-electron chi connectivity index (χ3n) is 4.66. The summed E-state index contributed by atoms with van der Waals surface area (Å²) in [7, 11) is 0. The van der Waals surface area contributed by atoms with Crippen LogP contribution in [0.15, 0.2) is 23.4 Å². The monoisotopic (exact) mass is 474 g/mol. The molecule has 0 saturated carbocycles. The number of morpholine rings is 1. The van der Waals surface area contributed by atoms with E-state index in [-0.39, 0.29) is 22.3 Å². The van der Waals surface area contributed by atoms with Crippen LogP contribution >= 0.6 is 23.4 Å². The van der Waals surface area contributed by atoms with Crippen LogP contribution in [0.3, 0.4) is 0 Å². The Balaban J connectivity index is 1.58. The fourth-order valence-electron chi connectivity index (χ4n) is 3.19. The number of halogens is 4. The van der Waals surface area contributed by atoms with Crippen LogP contribution in [0.4, 0.5) is 19.1 Å². The van der Waals surface area contributed by atoms with Gasteiger partial charge in [-0.05, 0) is 35.5 Å². The van der Waals surface area contributed by atoms with E-state index in [4.69, 9.17) is 16.3 Å². The van der Waals surface area contributed by atoms with E-state index < -0.39 is 11.7 Å². The van der Waals surface area contributed by atoms with Gasteiger partial charge in [-0.3, -0.25) is 4.57 Å². The Labute approximate surface area is 184 Å². The average molecular weight is 475 g/mol. The number of nitrogens with zero attached hydrogens (tertiary/aromatic N) is 8. The van der Waals surface area contributed by atoms with Gasteiger partial charge in [0.25, 0.3) is 0 Å². The first kappa shape index (κ1) is 21.8. The molecule has 0 aliphatic carbocycles. The molecule has 0 amide bonds. The van der Waals surface area contributed by atoms with Crippen molar-refractivity contribution in [2.24, 2.45) is 0 Å². The molecule has 1 aromatic carbocycles. The van der Waals surface area contributed by atoms with Gasteiger partial charge in [-0.25, -0.2) is 0 Å². The van der Waals surface area contributed by atoms with Crippen molar-refractivity contribution in [1.29, 1.82) is 0 Å². The number of ether oxygens (including phenoxy) is 1. The van der Waals surface area contributed by atoms with E-state index >= 15 is 0 Å². The number of hydrogen-bond donors (Lipinski definition) is 0. The van der Waals surface area contributed by atoms with Crippen LogP contribution in [0.1, 0.15) is 18.3 Å². The molecule has 166 valence electrons. The molecule has 0 N–H and O–H groups in total. The van der Waals surface area contributed by atoms with E-state index in [1.807, 2.05) is 11.5 Å². The van der Waals surface area contributed by atoms with Gasteiger partial charge in [0.05, 0.1) is 30.2 Å². The second-order valence-corrected chi connectivity index (χ2v) is 7.96. The third-order valence-corrected chi connectivity index (χ3v) is 5.86. The van der Waals surface area contributed by atoms with E-state index in [2.05, 4.69) is 30.6 Å². The predicted octanol–water partition coefficient (Wildman–Crippen LogP) is 3.07. The summed E-state index contributed by atoms with van der Waals surface area (Å²) >= 11 is 7.07. The molecule has 14 heteroatoms. The molecule has 31 heavy (non-hydrogen) atoms. The molecule has 4 rings (SSSR count). The zero-order valence-electron chi connectivity index (χ0n) is 16.4. The smallest absolute Gasteiger partial charge is 0.378 e. The summed E-state index contributed by atoms with van der Waals surface area (Å²) in [5, 5.41) is 20.4. The van der Waals surface area contributed by atoms with Crippen LogP contribution in [0.25, 0.3) is 5.69 Å². The molecular formula is C17H18ClF3N8OS. The van der Waals surface area contributed by atoms with Crippen LogP contribution in [0, 0.1) is 0 Å². The van der Waals surface area contributed by atoms with Gasteiger partial charge in [-0.2, -0.15) is 17.9 Å². The van der Waals surface area contributed by atoms with Crippen LogP contribution in [0.5, 0.6) is 0 Å². The number of hydrogen-bond acceptors (Lipinski definition) is 8. The van der Waals surface area contributed by atoms with Crippen molar-refractivity contribution in [3.8, 4) is 5.69 Å². The maximum absolute atomic E-state index is 13.5. The van der Waals surface area contributed by atoms with E-state index in [0.717, 1.165) is 29.8 Å². The molecule has 1 saturated heterocycles. The van der Waals surface area contributed by atoms with Crippen LogP contribution < -0.4 is 4.90 Å². The number of tetrazole rings is 1. The highest BCUT2D eigenvalue weighted by Gasteiger charge is 2.35. The quantitative estimate of drug-likeness (QED) is 0.504. The Morgan fingerprint density at radius 2 is 1.94 bits per heavy atom. The second-order valence-electron chi connectivity index (χ2n) is 6.58. The van der Waals surface area contributed by atoms with Gasteiger partial charge < -0.3 is 9.64 Å². The lowest BCUT2D eigenvalue weighted by atomic mass is 10.1. The van der Waals surface area contributed by atoms with Gasteiger partial charge in [0, 0.05) is 24.7 Å². The van der Waals surface area contributed by atoms with Gasteiger partial charge in [0.2, 0.25) is 5.95 Å². The Morgan fingerprint density at radius 1 is 1.16 bits per heavy atom. The number of rotatable bonds is 6. The van der Waals surface area contributed by atoms with E-state index in [9.17, 15) is 13.2 Å². The molecule has 0 radical (unpaired) electrons. The standard InChI is InChI=1S/C17H18ClF3N8OS/c1-2-28-15(27-5-7-30-8-6-27)23-24-16(28)31-10-14-22-25-26-29(14)13-4-3-11(18)9-12(13)17(19,20)21/h3-4,9H,2,5-8,10H2,1H3. The highest BCUT2D eigenvalue weighted by molar-refractivity contribution is 7.98. The Morgan fingerprint density at radius 3 is 2.65 bits per heavy atom. The highest BCUT2D eigenvalue weighted by Crippen LogP contribution is 2.36. The summed E-state index contributed by atoms with van der Waals surface area (Å²) in [5.74, 6) is 1.19. The van der Waals surface area contributed by atoms with Crippen molar-refractivity contribution in [2.45, 2.75) is 30.6 Å². The molecule has 9 nitrogen and oxygen atoms in total. The minimum atomic E-state index is -4.61. The van der Waals surface area contributed by atoms with Gasteiger partial charge in [0.1, 0.15) is 0 Å². The Kier molecular flexibility index (Phi) is 6.34. The summed E-state index contributed by atoms with van der Waals surface area (Å²) in [4.78, 5) is 2.09. The molecule has 3 heterocycles. The first-order valence-corrected chi connectivity index (χ1v) is 10.8. The number of alkyl halides is 3. The van der Waals surface area contributed by atoms with Gasteiger partial charge in [-0.1, -0.05) is 23.4 Å². The summed E-state index contributed by atoms with van der Waals surface area (Å²) in [6.07, 6.45) is -4.61. The fourth-order valence-corrected chi connectivity index (χ4v) is 4.27. The van der Waals surface area contributed by atoms with Crippen molar-refractivity contribution in [3.05, 3.63) is 34.6 Å². The molecule has 0 bridgehead atoms. The van der Waals surface area contributed by atoms with Gasteiger partial charge in [0.15, 0.2) is 11.0 Å². The summed E-state index contributed by atoms with van der Waals surface area (Å²) in [6, 6.07) is 3.48. The van der Waals surface area contributed by atoms with Crippen molar-refractivity contribution in [1.82, 2.24) is 35.0 Å². The van der Waals surface area contributed by atoms with E-state index in [1.165, 1.54) is 23.9 Å². The summed E-state index contributed by atoms with van der Waals surface area (Å²) in [6.45, 7) is 5.30. The minimum absolute atomic E-state index is 0.0215. The maximum atomic E-state index is 13.5. The second kappa shape index (κ2) is 9.01. The van der Waals surface area contributed by atoms with Crippen molar-refractivity contribution < 1.29 is 17.9 Å². The Hall–Kier alpha value is -2.38. The summed E-state index contributed by atoms with van der Waals surface area (Å²) < 4.78 is 48.9. The first-order chi connectivity index (χ1) is 14.9. The van der Waals surface area contributed by atoms with Crippen LogP contribution in [-0.4, -0.2) is 61.3 Å². The van der Waals surface area contributed by atoms with Gasteiger partial charge in [-0.15, -0.1) is 15.3 Å². The predicted molar refractivity (Wildman–Crippen MR) is 107 cm³/mol. The van der Waals surface area contributed by atoms with Crippen molar-refractivity contribution in [3.63, 3.8) is 0 Å². The fraction of sp³-hybridized carbons (Fsp3) is 0.471. The SMILES string of the molecule is CCn1c(SCc2nnnn2-c2ccc(Cl)cc2C(F)(F)F)nnc1N1CCOCC1.